The molecule has 3 aliphatic carbocycles. The predicted molar refractivity (Wildman–Crippen MR) is 128 cm³/mol. The Kier molecular flexibility index (Phi) is 5.92. The normalized spacial score (nSPS) is 30.2. The van der Waals surface area contributed by atoms with Crippen molar-refractivity contribution < 1.29 is 19.1 Å². The number of aliphatic hydroxyl groups excluding tert-OH is 1. The van der Waals surface area contributed by atoms with Crippen LogP contribution in [0.4, 0.5) is 10.2 Å². The Morgan fingerprint density at radius 2 is 2.17 bits per heavy atom. The van der Waals surface area contributed by atoms with E-state index in [1.165, 1.54) is 12.3 Å². The van der Waals surface area contributed by atoms with Gasteiger partial charge in [0.15, 0.2) is 5.78 Å². The number of nitrogens with one attached hydrogen (secondary N) is 1. The van der Waals surface area contributed by atoms with Crippen LogP contribution in [0.2, 0.25) is 0 Å². The molecule has 1 heterocycles. The Hall–Kier alpha value is -3.53. The fourth-order valence-electron chi connectivity index (χ4n) is 7.04. The van der Waals surface area contributed by atoms with E-state index in [-0.39, 0.29) is 47.6 Å². The van der Waals surface area contributed by atoms with Gasteiger partial charge in [-0.1, -0.05) is 19.1 Å². The van der Waals surface area contributed by atoms with Gasteiger partial charge in [0.05, 0.1) is 11.8 Å². The van der Waals surface area contributed by atoms with E-state index < -0.39 is 5.41 Å². The minimum absolute atomic E-state index is 0.00981. The highest BCUT2D eigenvalue weighted by atomic mass is 19.1. The molecular formula is C28H28FN3O3. The number of allylic oxidation sites excluding steroid dienone is 1. The number of nitriles is 1. The Balaban J connectivity index is 1.38. The maximum atomic E-state index is 14.5. The molecule has 1 amide bonds. The van der Waals surface area contributed by atoms with Gasteiger partial charge in [-0.3, -0.25) is 9.59 Å². The summed E-state index contributed by atoms with van der Waals surface area (Å²) < 4.78 is 14.5. The van der Waals surface area contributed by atoms with Crippen LogP contribution in [0.1, 0.15) is 61.6 Å². The minimum Gasteiger partial charge on any atom is -0.515 e. The van der Waals surface area contributed by atoms with E-state index in [2.05, 4.69) is 10.3 Å². The van der Waals surface area contributed by atoms with Crippen molar-refractivity contribution in [1.29, 1.82) is 5.26 Å². The highest BCUT2D eigenvalue weighted by molar-refractivity contribution is 6.03. The fourth-order valence-corrected chi connectivity index (χ4v) is 7.04. The van der Waals surface area contributed by atoms with E-state index in [0.29, 0.717) is 36.2 Å². The molecule has 35 heavy (non-hydrogen) atoms. The summed E-state index contributed by atoms with van der Waals surface area (Å²) in [5.41, 5.74) is 2.08. The number of pyridine rings is 1. The van der Waals surface area contributed by atoms with Crippen LogP contribution in [0, 0.1) is 40.3 Å². The van der Waals surface area contributed by atoms with Gasteiger partial charge in [-0.05, 0) is 85.1 Å². The summed E-state index contributed by atoms with van der Waals surface area (Å²) >= 11 is 0. The summed E-state index contributed by atoms with van der Waals surface area (Å²) in [6, 6.07) is 10.5. The maximum absolute atomic E-state index is 14.5. The third kappa shape index (κ3) is 3.81. The zero-order chi connectivity index (χ0) is 24.7. The number of carbonyl (C=O) groups excluding carboxylic acids is 2. The molecule has 2 fully saturated rings. The molecule has 1 aromatic carbocycles. The average Bonchev–Trinajstić information content (AvgIpc) is 3.09. The van der Waals surface area contributed by atoms with E-state index in [1.807, 2.05) is 19.1 Å². The van der Waals surface area contributed by atoms with E-state index in [1.54, 1.807) is 18.2 Å². The highest BCUT2D eigenvalue weighted by Gasteiger charge is 2.60. The molecule has 3 unspecified atom stereocenters. The molecule has 2 aromatic rings. The first kappa shape index (κ1) is 23.2. The van der Waals surface area contributed by atoms with Crippen molar-refractivity contribution in [3.05, 3.63) is 70.9 Å². The number of amides is 1. The van der Waals surface area contributed by atoms with Gasteiger partial charge in [-0.2, -0.15) is 5.26 Å². The number of Topliss-reactive ketones (excluding diaryl/α,β-unsaturated/α-hetero) is 1. The number of anilines is 1. The lowest BCUT2D eigenvalue weighted by atomic mass is 9.54. The summed E-state index contributed by atoms with van der Waals surface area (Å²) in [6.45, 7) is 2.00. The lowest BCUT2D eigenvalue weighted by molar-refractivity contribution is -0.127. The van der Waals surface area contributed by atoms with Crippen LogP contribution in [0.25, 0.3) is 0 Å². The van der Waals surface area contributed by atoms with Crippen LogP contribution in [0.5, 0.6) is 0 Å². The lowest BCUT2D eigenvalue weighted by Crippen LogP contribution is -2.44. The molecule has 2 saturated carbocycles. The number of rotatable bonds is 4. The predicted octanol–water partition coefficient (Wildman–Crippen LogP) is 5.21. The number of carbonyl (C=O) groups is 2. The van der Waals surface area contributed by atoms with Crippen molar-refractivity contribution in [1.82, 2.24) is 4.98 Å². The van der Waals surface area contributed by atoms with Crippen molar-refractivity contribution in [2.45, 2.75) is 51.4 Å². The molecule has 0 bridgehead atoms. The van der Waals surface area contributed by atoms with Gasteiger partial charge < -0.3 is 10.4 Å². The molecule has 6 nitrogen and oxygen atoms in total. The van der Waals surface area contributed by atoms with Crippen molar-refractivity contribution in [3.8, 4) is 6.07 Å². The zero-order valence-corrected chi connectivity index (χ0v) is 19.6. The second kappa shape index (κ2) is 8.92. The Labute approximate surface area is 203 Å². The Bertz CT molecular complexity index is 1250. The molecule has 0 spiro atoms. The topological polar surface area (TPSA) is 103 Å². The highest BCUT2D eigenvalue weighted by Crippen LogP contribution is 2.63. The molecule has 2 N–H and O–H groups in total. The number of nitrogens with zero attached hydrogens (tertiary/aromatic N) is 2. The van der Waals surface area contributed by atoms with Crippen LogP contribution in [-0.4, -0.2) is 21.8 Å². The number of halogens is 1. The van der Waals surface area contributed by atoms with Crippen LogP contribution < -0.4 is 5.32 Å². The van der Waals surface area contributed by atoms with E-state index >= 15 is 0 Å². The first-order valence-corrected chi connectivity index (χ1v) is 12.2. The van der Waals surface area contributed by atoms with Gasteiger partial charge in [0.25, 0.3) is 0 Å². The van der Waals surface area contributed by atoms with Gasteiger partial charge in [0.2, 0.25) is 5.91 Å². The van der Waals surface area contributed by atoms with Crippen molar-refractivity contribution >= 4 is 17.5 Å². The Morgan fingerprint density at radius 1 is 1.34 bits per heavy atom. The van der Waals surface area contributed by atoms with Gasteiger partial charge in [0.1, 0.15) is 17.7 Å². The summed E-state index contributed by atoms with van der Waals surface area (Å²) in [5, 5.41) is 21.7. The number of aromatic nitrogens is 1. The summed E-state index contributed by atoms with van der Waals surface area (Å²) in [4.78, 5) is 30.2. The van der Waals surface area contributed by atoms with E-state index in [0.717, 1.165) is 30.2 Å². The quantitative estimate of drug-likeness (QED) is 0.468. The molecular weight excluding hydrogens is 445 g/mol. The molecule has 1 aromatic heterocycles. The fraction of sp³-hybridized carbons (Fsp3) is 0.429. The molecule has 0 radical (unpaired) electrons. The Morgan fingerprint density at radius 3 is 2.89 bits per heavy atom. The molecule has 3 aliphatic rings. The van der Waals surface area contributed by atoms with Gasteiger partial charge >= 0.3 is 0 Å². The minimum atomic E-state index is -0.587. The molecule has 5 rings (SSSR count). The molecule has 5 atom stereocenters. The van der Waals surface area contributed by atoms with Crippen LogP contribution in [0.15, 0.2) is 48.4 Å². The second-order valence-electron chi connectivity index (χ2n) is 10.2. The van der Waals surface area contributed by atoms with Gasteiger partial charge in [0, 0.05) is 23.6 Å². The van der Waals surface area contributed by atoms with E-state index in [9.17, 15) is 19.1 Å². The number of aliphatic hydroxyl groups is 1. The molecule has 180 valence electrons. The van der Waals surface area contributed by atoms with Crippen molar-refractivity contribution in [2.75, 3.05) is 5.32 Å². The number of hydrogen-bond donors (Lipinski definition) is 2. The molecule has 0 aliphatic heterocycles. The monoisotopic (exact) mass is 473 g/mol. The number of hydrogen-bond acceptors (Lipinski definition) is 5. The number of fused-ring (bicyclic) bond motifs is 5. The van der Waals surface area contributed by atoms with Crippen LogP contribution in [-0.2, 0) is 16.0 Å². The second-order valence-corrected chi connectivity index (χ2v) is 10.2. The molecule has 7 heteroatoms. The van der Waals surface area contributed by atoms with Crippen molar-refractivity contribution in [2.24, 2.45) is 23.2 Å². The maximum Gasteiger partial charge on any atom is 0.225 e. The van der Waals surface area contributed by atoms with Gasteiger partial charge in [-0.15, -0.1) is 0 Å². The summed E-state index contributed by atoms with van der Waals surface area (Å²) in [5.74, 6) is 0.0802. The van der Waals surface area contributed by atoms with Gasteiger partial charge in [-0.25, -0.2) is 9.37 Å². The molecule has 0 saturated heterocycles. The van der Waals surface area contributed by atoms with Crippen LogP contribution >= 0.6 is 0 Å². The number of ketones is 1. The lowest BCUT2D eigenvalue weighted by Gasteiger charge is -2.49. The SMILES string of the molecule is C[C@]12CCC3c4cccc(F)c4CCC3C1[C@H](CCC(=O)Nc1ccc(C#N)cn1)/C(=C/O)C2=O. The third-order valence-electron chi connectivity index (χ3n) is 8.57. The van der Waals surface area contributed by atoms with E-state index in [4.69, 9.17) is 5.26 Å². The third-order valence-corrected chi connectivity index (χ3v) is 8.57. The summed E-state index contributed by atoms with van der Waals surface area (Å²) in [6.07, 6.45) is 5.88. The first-order chi connectivity index (χ1) is 16.9. The first-order valence-electron chi connectivity index (χ1n) is 12.2. The van der Waals surface area contributed by atoms with Crippen molar-refractivity contribution in [3.63, 3.8) is 0 Å². The van der Waals surface area contributed by atoms with Crippen LogP contribution in [0.3, 0.4) is 0 Å². The largest absolute Gasteiger partial charge is 0.515 e. The summed E-state index contributed by atoms with van der Waals surface area (Å²) in [7, 11) is 0. The smallest absolute Gasteiger partial charge is 0.225 e. The average molecular weight is 474 g/mol. The number of benzene rings is 1. The zero-order valence-electron chi connectivity index (χ0n) is 19.6. The standard InChI is InChI=1S/C28H28FN3O3/c1-28-12-11-18-17-3-2-4-23(29)19(17)6-7-20(18)26(28)21(22(15-33)27(28)35)8-10-25(34)32-24-9-5-16(13-30)14-31-24/h2-5,9,14-15,18,20-21,26,33H,6-8,10-12H2,1H3,(H,31,32,34)/b22-15-/t18?,20?,21-,26?,28+/m1/s1.